The number of nitriles is 1. The monoisotopic (exact) mass is 347 g/mol. The van der Waals surface area contributed by atoms with Crippen LogP contribution in [0.15, 0.2) is 41.3 Å². The lowest BCUT2D eigenvalue weighted by atomic mass is 10.1. The minimum Gasteiger partial charge on any atom is -0.265 e. The summed E-state index contributed by atoms with van der Waals surface area (Å²) in [6.07, 6.45) is 0.170. The molecule has 1 heterocycles. The summed E-state index contributed by atoms with van der Waals surface area (Å²) in [5.41, 5.74) is -0.250. The number of nitrogens with zero attached hydrogens (tertiary/aromatic N) is 3. The van der Waals surface area contributed by atoms with Crippen molar-refractivity contribution in [3.05, 3.63) is 63.5 Å². The van der Waals surface area contributed by atoms with Gasteiger partial charge in [-0.3, -0.25) is 14.4 Å². The fourth-order valence-electron chi connectivity index (χ4n) is 2.75. The van der Waals surface area contributed by atoms with Gasteiger partial charge >= 0.3 is 0 Å². The Labute approximate surface area is 136 Å². The van der Waals surface area contributed by atoms with Gasteiger partial charge in [0.1, 0.15) is 22.3 Å². The Hall–Kier alpha value is -2.99. The van der Waals surface area contributed by atoms with Crippen LogP contribution in [0.5, 0.6) is 0 Å². The molecule has 0 aliphatic carbocycles. The molecule has 0 fully saturated rings. The Bertz CT molecular complexity index is 998. The summed E-state index contributed by atoms with van der Waals surface area (Å²) in [7, 11) is -4.21. The zero-order valence-electron chi connectivity index (χ0n) is 12.1. The van der Waals surface area contributed by atoms with Gasteiger partial charge in [-0.25, -0.2) is 12.8 Å². The Balaban J connectivity index is 2.17. The summed E-state index contributed by atoms with van der Waals surface area (Å²) >= 11 is 0. The molecule has 0 N–H and O–H groups in total. The third-order valence-corrected chi connectivity index (χ3v) is 5.67. The van der Waals surface area contributed by atoms with Gasteiger partial charge in [0.05, 0.1) is 16.2 Å². The van der Waals surface area contributed by atoms with Crippen LogP contribution in [-0.4, -0.2) is 19.9 Å². The fourth-order valence-corrected chi connectivity index (χ4v) is 4.40. The molecule has 0 saturated carbocycles. The molecule has 2 aromatic rings. The number of sulfonamides is 1. The highest BCUT2D eigenvalue weighted by Gasteiger charge is 2.36. The predicted octanol–water partition coefficient (Wildman–Crippen LogP) is 2.36. The van der Waals surface area contributed by atoms with Crippen LogP contribution in [0.4, 0.5) is 15.8 Å². The quantitative estimate of drug-likeness (QED) is 0.626. The van der Waals surface area contributed by atoms with Crippen LogP contribution in [0.1, 0.15) is 11.1 Å². The van der Waals surface area contributed by atoms with Crippen LogP contribution >= 0.6 is 0 Å². The molecule has 0 amide bonds. The van der Waals surface area contributed by atoms with Crippen molar-refractivity contribution in [1.29, 1.82) is 5.26 Å². The van der Waals surface area contributed by atoms with Gasteiger partial charge in [-0.15, -0.1) is 0 Å². The number of anilines is 1. The SMILES string of the molecule is N#Cc1c(F)cccc1S(=O)(=O)N1CCc2c1cccc2[N+](=O)[O-]. The predicted molar refractivity (Wildman–Crippen MR) is 82.4 cm³/mol. The maximum atomic E-state index is 13.7. The first kappa shape index (κ1) is 15.9. The van der Waals surface area contributed by atoms with E-state index in [2.05, 4.69) is 0 Å². The van der Waals surface area contributed by atoms with Gasteiger partial charge in [-0.05, 0) is 24.6 Å². The van der Waals surface area contributed by atoms with Crippen molar-refractivity contribution in [2.45, 2.75) is 11.3 Å². The van der Waals surface area contributed by atoms with E-state index in [0.29, 0.717) is 5.56 Å². The van der Waals surface area contributed by atoms with E-state index >= 15 is 0 Å². The highest BCUT2D eigenvalue weighted by molar-refractivity contribution is 7.93. The molecule has 24 heavy (non-hydrogen) atoms. The Morgan fingerprint density at radius 1 is 1.25 bits per heavy atom. The number of hydrogen-bond acceptors (Lipinski definition) is 5. The van der Waals surface area contributed by atoms with E-state index in [1.807, 2.05) is 0 Å². The number of rotatable bonds is 3. The van der Waals surface area contributed by atoms with Gasteiger partial charge in [0, 0.05) is 12.6 Å². The van der Waals surface area contributed by atoms with E-state index < -0.39 is 31.2 Å². The number of nitro benzene ring substituents is 1. The molecule has 0 atom stereocenters. The van der Waals surface area contributed by atoms with Crippen molar-refractivity contribution in [2.75, 3.05) is 10.8 Å². The fraction of sp³-hybridized carbons (Fsp3) is 0.133. The zero-order chi connectivity index (χ0) is 17.5. The number of nitro groups is 1. The minimum absolute atomic E-state index is 0.0100. The van der Waals surface area contributed by atoms with Crippen LogP contribution in [0.25, 0.3) is 0 Å². The molecule has 0 saturated heterocycles. The molecule has 9 heteroatoms. The summed E-state index contributed by atoms with van der Waals surface area (Å²) < 4.78 is 40.4. The van der Waals surface area contributed by atoms with Crippen molar-refractivity contribution < 1.29 is 17.7 Å². The average Bonchev–Trinajstić information content (AvgIpc) is 2.99. The zero-order valence-corrected chi connectivity index (χ0v) is 13.0. The average molecular weight is 347 g/mol. The van der Waals surface area contributed by atoms with E-state index in [1.54, 1.807) is 6.07 Å². The molecule has 0 unspecified atom stereocenters. The van der Waals surface area contributed by atoms with Crippen LogP contribution < -0.4 is 4.31 Å². The van der Waals surface area contributed by atoms with Crippen molar-refractivity contribution in [2.24, 2.45) is 0 Å². The molecule has 122 valence electrons. The van der Waals surface area contributed by atoms with E-state index in [-0.39, 0.29) is 24.3 Å². The molecule has 0 spiro atoms. The Kier molecular flexibility index (Phi) is 3.69. The molecule has 0 radical (unpaired) electrons. The molecular formula is C15H10FN3O4S. The molecule has 2 aromatic carbocycles. The second-order valence-corrected chi connectivity index (χ2v) is 6.91. The summed E-state index contributed by atoms with van der Waals surface area (Å²) in [4.78, 5) is 10.1. The van der Waals surface area contributed by atoms with Gasteiger partial charge in [-0.1, -0.05) is 12.1 Å². The van der Waals surface area contributed by atoms with Crippen LogP contribution in [0.2, 0.25) is 0 Å². The van der Waals surface area contributed by atoms with Crippen molar-refractivity contribution >= 4 is 21.4 Å². The minimum atomic E-state index is -4.21. The van der Waals surface area contributed by atoms with Crippen LogP contribution in [0.3, 0.4) is 0 Å². The summed E-state index contributed by atoms with van der Waals surface area (Å²) in [6.45, 7) is -0.0100. The van der Waals surface area contributed by atoms with Crippen molar-refractivity contribution in [3.8, 4) is 6.07 Å². The van der Waals surface area contributed by atoms with Crippen molar-refractivity contribution in [3.63, 3.8) is 0 Å². The maximum absolute atomic E-state index is 13.7. The van der Waals surface area contributed by atoms with E-state index in [4.69, 9.17) is 5.26 Å². The standard InChI is InChI=1S/C15H10FN3O4S/c16-12-3-1-6-15(11(12)9-17)24(22,23)18-8-7-10-13(18)4-2-5-14(10)19(20)21/h1-6H,7-8H2. The van der Waals surface area contributed by atoms with Gasteiger partial charge in [0.2, 0.25) is 0 Å². The molecule has 1 aliphatic heterocycles. The Morgan fingerprint density at radius 2 is 1.96 bits per heavy atom. The molecule has 3 rings (SSSR count). The van der Waals surface area contributed by atoms with Gasteiger partial charge in [0.15, 0.2) is 0 Å². The Morgan fingerprint density at radius 3 is 2.62 bits per heavy atom. The first-order valence-electron chi connectivity index (χ1n) is 6.85. The summed E-state index contributed by atoms with van der Waals surface area (Å²) in [5, 5.41) is 20.1. The maximum Gasteiger partial charge on any atom is 0.274 e. The highest BCUT2D eigenvalue weighted by atomic mass is 32.2. The third kappa shape index (κ3) is 2.28. The molecule has 0 bridgehead atoms. The van der Waals surface area contributed by atoms with E-state index in [0.717, 1.165) is 16.4 Å². The lowest BCUT2D eigenvalue weighted by Crippen LogP contribution is -2.29. The van der Waals surface area contributed by atoms with Crippen LogP contribution in [0, 0.1) is 27.3 Å². The third-order valence-electron chi connectivity index (χ3n) is 3.81. The van der Waals surface area contributed by atoms with E-state index in [9.17, 15) is 22.9 Å². The van der Waals surface area contributed by atoms with Gasteiger partial charge in [-0.2, -0.15) is 5.26 Å². The first-order valence-corrected chi connectivity index (χ1v) is 8.29. The number of hydrogen-bond donors (Lipinski definition) is 0. The highest BCUT2D eigenvalue weighted by Crippen LogP contribution is 2.38. The lowest BCUT2D eigenvalue weighted by Gasteiger charge is -2.20. The normalized spacial score (nSPS) is 13.4. The number of fused-ring (bicyclic) bond motifs is 1. The van der Waals surface area contributed by atoms with Gasteiger partial charge < -0.3 is 0 Å². The molecule has 7 nitrogen and oxygen atoms in total. The molecular weight excluding hydrogens is 337 g/mol. The van der Waals surface area contributed by atoms with Crippen LogP contribution in [-0.2, 0) is 16.4 Å². The summed E-state index contributed by atoms with van der Waals surface area (Å²) in [6, 6.07) is 9.06. The second-order valence-electron chi connectivity index (χ2n) is 5.08. The number of halogens is 1. The molecule has 0 aromatic heterocycles. The van der Waals surface area contributed by atoms with Gasteiger partial charge in [0.25, 0.3) is 15.7 Å². The molecule has 1 aliphatic rings. The second kappa shape index (κ2) is 5.58. The topological polar surface area (TPSA) is 104 Å². The summed E-state index contributed by atoms with van der Waals surface area (Å²) in [5.74, 6) is -0.933. The largest absolute Gasteiger partial charge is 0.274 e. The lowest BCUT2D eigenvalue weighted by molar-refractivity contribution is -0.385. The van der Waals surface area contributed by atoms with Crippen molar-refractivity contribution in [1.82, 2.24) is 0 Å². The number of benzene rings is 2. The smallest absolute Gasteiger partial charge is 0.265 e. The van der Waals surface area contributed by atoms with E-state index in [1.165, 1.54) is 24.3 Å². The first-order chi connectivity index (χ1) is 11.4.